The van der Waals surface area contributed by atoms with Crippen LogP contribution in [0.3, 0.4) is 0 Å². The van der Waals surface area contributed by atoms with Gasteiger partial charge in [0.2, 0.25) is 0 Å². The Labute approximate surface area is 122 Å². The number of aryl methyl sites for hydroxylation is 1. The van der Waals surface area contributed by atoms with Gasteiger partial charge in [-0.2, -0.15) is 5.26 Å². The maximum atomic E-state index is 12.1. The Kier molecular flexibility index (Phi) is 4.24. The largest absolute Gasteiger partial charge is 0.320 e. The minimum absolute atomic E-state index is 0.290. The molecular weight excluding hydrogens is 328 g/mol. The molecule has 0 unspecified atom stereocenters. The minimum Gasteiger partial charge on any atom is -0.320 e. The van der Waals surface area contributed by atoms with Gasteiger partial charge in [-0.05, 0) is 36.2 Å². The number of aromatic nitrogens is 2. The molecule has 0 spiro atoms. The van der Waals surface area contributed by atoms with E-state index in [1.807, 2.05) is 13.0 Å². The lowest BCUT2D eigenvalue weighted by atomic mass is 10.2. The summed E-state index contributed by atoms with van der Waals surface area (Å²) >= 11 is 4.36. The maximum absolute atomic E-state index is 12.1. The van der Waals surface area contributed by atoms with Crippen molar-refractivity contribution in [2.45, 2.75) is 13.3 Å². The molecule has 1 N–H and O–H groups in total. The highest BCUT2D eigenvalue weighted by Crippen LogP contribution is 2.22. The Morgan fingerprint density at radius 2 is 2.37 bits per heavy atom. The summed E-state index contributed by atoms with van der Waals surface area (Å²) in [7, 11) is 0. The lowest BCUT2D eigenvalue weighted by Crippen LogP contribution is -2.13. The summed E-state index contributed by atoms with van der Waals surface area (Å²) in [6.45, 7) is 1.91. The lowest BCUT2D eigenvalue weighted by Gasteiger charge is -2.06. The molecule has 1 heterocycles. The first kappa shape index (κ1) is 13.6. The van der Waals surface area contributed by atoms with E-state index in [1.54, 1.807) is 18.2 Å². The maximum Gasteiger partial charge on any atom is 0.269 e. The highest BCUT2D eigenvalue weighted by molar-refractivity contribution is 9.10. The van der Waals surface area contributed by atoms with Crippen molar-refractivity contribution in [3.63, 3.8) is 0 Å². The number of hydrogen-bond acceptors (Lipinski definition) is 5. The number of carbonyl (C=O) groups is 1. The van der Waals surface area contributed by atoms with E-state index in [1.165, 1.54) is 0 Å². The fourth-order valence-corrected chi connectivity index (χ4v) is 2.52. The number of nitriles is 1. The van der Waals surface area contributed by atoms with Crippen LogP contribution in [0.15, 0.2) is 22.7 Å². The number of halogens is 1. The van der Waals surface area contributed by atoms with Gasteiger partial charge in [0.1, 0.15) is 10.9 Å². The van der Waals surface area contributed by atoms with E-state index >= 15 is 0 Å². The molecule has 1 aromatic carbocycles. The molecule has 0 atom stereocenters. The van der Waals surface area contributed by atoms with E-state index in [2.05, 4.69) is 30.8 Å². The first-order chi connectivity index (χ1) is 9.15. The Morgan fingerprint density at radius 3 is 3.05 bits per heavy atom. The van der Waals surface area contributed by atoms with Crippen molar-refractivity contribution in [2.24, 2.45) is 0 Å². The van der Waals surface area contributed by atoms with Crippen molar-refractivity contribution >= 4 is 39.1 Å². The molecule has 96 valence electrons. The molecule has 0 aliphatic heterocycles. The molecule has 0 aliphatic carbocycles. The molecule has 1 aromatic heterocycles. The topological polar surface area (TPSA) is 78.7 Å². The van der Waals surface area contributed by atoms with Crippen LogP contribution in [-0.2, 0) is 6.42 Å². The van der Waals surface area contributed by atoms with E-state index < -0.39 is 0 Å². The fraction of sp³-hybridized carbons (Fsp3) is 0.167. The SMILES string of the molecule is CCc1nnsc1C(=O)Nc1cc(Br)ccc1C#N. The summed E-state index contributed by atoms with van der Waals surface area (Å²) in [6.07, 6.45) is 0.642. The molecule has 0 bridgehead atoms. The number of carbonyl (C=O) groups excluding carboxylic acids is 1. The molecule has 2 rings (SSSR count). The van der Waals surface area contributed by atoms with Gasteiger partial charge in [-0.1, -0.05) is 27.3 Å². The van der Waals surface area contributed by atoms with Gasteiger partial charge in [-0.15, -0.1) is 5.10 Å². The zero-order chi connectivity index (χ0) is 13.8. The van der Waals surface area contributed by atoms with Crippen LogP contribution in [0.25, 0.3) is 0 Å². The molecule has 19 heavy (non-hydrogen) atoms. The van der Waals surface area contributed by atoms with E-state index in [4.69, 9.17) is 5.26 Å². The fourth-order valence-electron chi connectivity index (χ4n) is 1.51. The number of amides is 1. The van der Waals surface area contributed by atoms with Crippen molar-refractivity contribution < 1.29 is 4.79 Å². The molecular formula is C12H9BrN4OS. The van der Waals surface area contributed by atoms with E-state index in [9.17, 15) is 4.79 Å². The van der Waals surface area contributed by atoms with Crippen LogP contribution in [-0.4, -0.2) is 15.5 Å². The number of hydrogen-bond donors (Lipinski definition) is 1. The van der Waals surface area contributed by atoms with Crippen LogP contribution < -0.4 is 5.32 Å². The first-order valence-electron chi connectivity index (χ1n) is 5.48. The summed E-state index contributed by atoms with van der Waals surface area (Å²) in [4.78, 5) is 12.6. The monoisotopic (exact) mass is 336 g/mol. The second-order valence-electron chi connectivity index (χ2n) is 3.66. The molecule has 0 aliphatic rings. The van der Waals surface area contributed by atoms with Gasteiger partial charge < -0.3 is 5.32 Å². The standard InChI is InChI=1S/C12H9BrN4OS/c1-2-9-11(19-17-16-9)12(18)15-10-5-8(13)4-3-7(10)6-14/h3-5H,2H2,1H3,(H,15,18). The Hall–Kier alpha value is -1.78. The Morgan fingerprint density at radius 1 is 1.58 bits per heavy atom. The Balaban J connectivity index is 2.29. The Bertz CT molecular complexity index is 662. The quantitative estimate of drug-likeness (QED) is 0.934. The third-order valence-electron chi connectivity index (χ3n) is 2.45. The third-order valence-corrected chi connectivity index (χ3v) is 3.71. The molecule has 0 fully saturated rings. The third kappa shape index (κ3) is 2.97. The zero-order valence-corrected chi connectivity index (χ0v) is 12.4. The number of benzene rings is 1. The second kappa shape index (κ2) is 5.91. The van der Waals surface area contributed by atoms with Crippen LogP contribution in [0.1, 0.15) is 27.9 Å². The van der Waals surface area contributed by atoms with Gasteiger partial charge in [0.05, 0.1) is 16.9 Å². The van der Waals surface area contributed by atoms with Gasteiger partial charge in [0.15, 0.2) is 0 Å². The average Bonchev–Trinajstić information content (AvgIpc) is 2.87. The van der Waals surface area contributed by atoms with Crippen molar-refractivity contribution in [3.8, 4) is 6.07 Å². The molecule has 0 saturated carbocycles. The van der Waals surface area contributed by atoms with Crippen LogP contribution in [0.5, 0.6) is 0 Å². The van der Waals surface area contributed by atoms with Gasteiger partial charge in [0.25, 0.3) is 5.91 Å². The highest BCUT2D eigenvalue weighted by atomic mass is 79.9. The van der Waals surface area contributed by atoms with Gasteiger partial charge in [0, 0.05) is 4.47 Å². The first-order valence-corrected chi connectivity index (χ1v) is 7.04. The number of rotatable bonds is 3. The normalized spacial score (nSPS) is 9.95. The second-order valence-corrected chi connectivity index (χ2v) is 5.33. The number of anilines is 1. The summed E-state index contributed by atoms with van der Waals surface area (Å²) < 4.78 is 4.56. The molecule has 5 nitrogen and oxygen atoms in total. The van der Waals surface area contributed by atoms with E-state index in [0.29, 0.717) is 28.2 Å². The molecule has 1 amide bonds. The van der Waals surface area contributed by atoms with Crippen molar-refractivity contribution in [1.82, 2.24) is 9.59 Å². The van der Waals surface area contributed by atoms with Gasteiger partial charge in [-0.3, -0.25) is 4.79 Å². The van der Waals surface area contributed by atoms with E-state index in [0.717, 1.165) is 16.0 Å². The van der Waals surface area contributed by atoms with Crippen LogP contribution in [0.2, 0.25) is 0 Å². The summed E-state index contributed by atoms with van der Waals surface area (Å²) in [5.74, 6) is -0.290. The van der Waals surface area contributed by atoms with Crippen LogP contribution >= 0.6 is 27.5 Å². The van der Waals surface area contributed by atoms with Crippen molar-refractivity contribution in [1.29, 1.82) is 5.26 Å². The number of nitrogens with zero attached hydrogens (tertiary/aromatic N) is 3. The van der Waals surface area contributed by atoms with Crippen molar-refractivity contribution in [2.75, 3.05) is 5.32 Å². The molecule has 0 radical (unpaired) electrons. The molecule has 0 saturated heterocycles. The van der Waals surface area contributed by atoms with Crippen LogP contribution in [0, 0.1) is 11.3 Å². The van der Waals surface area contributed by atoms with Crippen molar-refractivity contribution in [3.05, 3.63) is 38.8 Å². The smallest absolute Gasteiger partial charge is 0.269 e. The zero-order valence-electron chi connectivity index (χ0n) is 9.98. The predicted octanol–water partition coefficient (Wildman–Crippen LogP) is 2.99. The minimum atomic E-state index is -0.290. The average molecular weight is 337 g/mol. The van der Waals surface area contributed by atoms with E-state index in [-0.39, 0.29) is 5.91 Å². The number of nitrogens with one attached hydrogen (secondary N) is 1. The van der Waals surface area contributed by atoms with Gasteiger partial charge in [-0.25, -0.2) is 0 Å². The molecule has 7 heteroatoms. The summed E-state index contributed by atoms with van der Waals surface area (Å²) in [5.41, 5.74) is 1.54. The van der Waals surface area contributed by atoms with Gasteiger partial charge >= 0.3 is 0 Å². The lowest BCUT2D eigenvalue weighted by molar-refractivity contribution is 0.102. The van der Waals surface area contributed by atoms with Crippen LogP contribution in [0.4, 0.5) is 5.69 Å². The predicted molar refractivity (Wildman–Crippen MR) is 76.1 cm³/mol. The summed E-state index contributed by atoms with van der Waals surface area (Å²) in [6, 6.07) is 7.12. The summed E-state index contributed by atoms with van der Waals surface area (Å²) in [5, 5.41) is 15.6. The molecule has 2 aromatic rings. The highest BCUT2D eigenvalue weighted by Gasteiger charge is 2.16.